The van der Waals surface area contributed by atoms with Gasteiger partial charge < -0.3 is 31.3 Å². The Morgan fingerprint density at radius 2 is 2.00 bits per heavy atom. The average molecular weight is 526 g/mol. The quantitative estimate of drug-likeness (QED) is 0.0677. The molecule has 5 N–H and O–H groups in total. The number of nitrogens with zero attached hydrogens (tertiary/aromatic N) is 4. The van der Waals surface area contributed by atoms with E-state index in [9.17, 15) is 33.0 Å². The number of hydrogen-bond donors (Lipinski definition) is 3. The van der Waals surface area contributed by atoms with Crippen LogP contribution in [-0.2, 0) is 24.7 Å². The summed E-state index contributed by atoms with van der Waals surface area (Å²) >= 11 is 1.35. The Kier molecular flexibility index (Phi) is 12.7. The largest absolute Gasteiger partial charge is 1.00 e. The number of carbonyl (C=O) groups is 3. The molecule has 164 valence electrons. The van der Waals surface area contributed by atoms with Crippen LogP contribution in [0.4, 0.5) is 9.93 Å². The van der Waals surface area contributed by atoms with Crippen LogP contribution in [0.15, 0.2) is 15.5 Å². The summed E-state index contributed by atoms with van der Waals surface area (Å²) in [6, 6.07) is -2.99. The predicted octanol–water partition coefficient (Wildman–Crippen LogP) is -9.84. The van der Waals surface area contributed by atoms with Crippen LogP contribution < -0.4 is 80.8 Å². The Balaban J connectivity index is 0.00000480. The number of carbonyl (C=O) groups excluding carboxylic acids is 3. The second-order valence-corrected chi connectivity index (χ2v) is 8.55. The Bertz CT molecular complexity index is 1030. The van der Waals surface area contributed by atoms with E-state index < -0.39 is 57.7 Å². The minimum absolute atomic E-state index is 0. The maximum Gasteiger partial charge on any atom is 1.00 e. The van der Waals surface area contributed by atoms with E-state index in [0.717, 1.165) is 11.3 Å². The molecule has 15 nitrogen and oxygen atoms in total. The molecule has 0 bridgehead atoms. The molecule has 1 saturated heterocycles. The monoisotopic (exact) mass is 526 g/mol. The first-order chi connectivity index (χ1) is 13.9. The fourth-order valence-corrected chi connectivity index (χ4v) is 4.36. The van der Waals surface area contributed by atoms with Crippen LogP contribution >= 0.6 is 23.1 Å². The standard InChI is InChI=1S/C12H14N6O9S3.2Na/c13-11-15-4(2-28-11)7(17-27-1-6(19)20)9(21)16-8-5(3-29-12(14)23)18(10(8)22)30(24,25)26;;/h2,5,8H,1,3H2,(H2,13,15)(H2,14,23)(H,16,21)(H,19,20)(H,24,25,26);;/q;2*+1/p-2/b17-7+;;/t5-,8+;;/m1../s1. The smallest absolute Gasteiger partial charge is 0.857 e. The van der Waals surface area contributed by atoms with Crippen LogP contribution in [0.1, 0.15) is 5.69 Å². The zero-order valence-electron chi connectivity index (χ0n) is 16.5. The number of rotatable bonds is 9. The van der Waals surface area contributed by atoms with E-state index in [0.29, 0.717) is 11.8 Å². The SMILES string of the molecule is NC(=O)SC[C@@H]1[C@H](N=C([O-])/C(=N/OCC(=O)[O-])c2csc(N)n2)C(=O)N1S(=O)(=O)O.[Na+].[Na+]. The molecule has 1 fully saturated rings. The van der Waals surface area contributed by atoms with E-state index in [2.05, 4.69) is 20.0 Å². The van der Waals surface area contributed by atoms with Gasteiger partial charge in [0, 0.05) is 17.0 Å². The van der Waals surface area contributed by atoms with Gasteiger partial charge in [0.1, 0.15) is 11.4 Å². The number of aliphatic imine (C=N–C) groups is 1. The number of nitrogens with two attached hydrogens (primary N) is 2. The molecule has 1 aliphatic rings. The molecule has 2 rings (SSSR count). The Morgan fingerprint density at radius 1 is 1.38 bits per heavy atom. The summed E-state index contributed by atoms with van der Waals surface area (Å²) in [5.41, 5.74) is 9.67. The summed E-state index contributed by atoms with van der Waals surface area (Å²) in [4.78, 5) is 45.3. The Morgan fingerprint density at radius 3 is 2.47 bits per heavy atom. The summed E-state index contributed by atoms with van der Waals surface area (Å²) in [5.74, 6) is -4.49. The molecule has 0 aliphatic carbocycles. The van der Waals surface area contributed by atoms with Crippen molar-refractivity contribution in [3.8, 4) is 0 Å². The van der Waals surface area contributed by atoms with Crippen LogP contribution in [0.3, 0.4) is 0 Å². The van der Waals surface area contributed by atoms with Gasteiger partial charge in [0.15, 0.2) is 17.8 Å². The number of hydrogen-bond acceptors (Lipinski definition) is 14. The predicted molar refractivity (Wildman–Crippen MR) is 99.5 cm³/mol. The molecule has 20 heteroatoms. The number of thiazole rings is 1. The van der Waals surface area contributed by atoms with Crippen molar-refractivity contribution in [2.45, 2.75) is 12.1 Å². The number of carboxylic acid groups (broad SMARTS) is 1. The van der Waals surface area contributed by atoms with E-state index >= 15 is 0 Å². The van der Waals surface area contributed by atoms with E-state index in [4.69, 9.17) is 16.0 Å². The Hall–Kier alpha value is -0.960. The molecule has 1 aliphatic heterocycles. The molecule has 0 saturated carbocycles. The summed E-state index contributed by atoms with van der Waals surface area (Å²) in [5, 5.41) is 26.7. The van der Waals surface area contributed by atoms with Gasteiger partial charge in [-0.15, -0.1) is 11.3 Å². The summed E-state index contributed by atoms with van der Waals surface area (Å²) in [6.07, 6.45) is 0. The van der Waals surface area contributed by atoms with Crippen LogP contribution in [0.25, 0.3) is 0 Å². The van der Waals surface area contributed by atoms with Gasteiger partial charge in [-0.05, 0) is 0 Å². The van der Waals surface area contributed by atoms with Crippen molar-refractivity contribution in [1.29, 1.82) is 0 Å². The number of β-lactam (4-membered cyclic amide) rings is 1. The van der Waals surface area contributed by atoms with Gasteiger partial charge in [-0.1, -0.05) is 16.9 Å². The molecule has 0 aromatic carbocycles. The summed E-state index contributed by atoms with van der Waals surface area (Å²) < 4.78 is 31.9. The fourth-order valence-electron chi connectivity index (χ4n) is 2.19. The molecule has 0 radical (unpaired) electrons. The van der Waals surface area contributed by atoms with Crippen molar-refractivity contribution in [1.82, 2.24) is 9.29 Å². The minimum atomic E-state index is -4.98. The number of anilines is 1. The van der Waals surface area contributed by atoms with Gasteiger partial charge in [0.25, 0.3) is 11.1 Å². The summed E-state index contributed by atoms with van der Waals surface area (Å²) in [7, 11) is -4.98. The fraction of sp³-hybridized carbons (Fsp3) is 0.333. The van der Waals surface area contributed by atoms with Crippen molar-refractivity contribution in [3.63, 3.8) is 0 Å². The van der Waals surface area contributed by atoms with Gasteiger partial charge in [0.2, 0.25) is 0 Å². The molecular weight excluding hydrogens is 514 g/mol. The zero-order valence-corrected chi connectivity index (χ0v) is 23.0. The first-order valence-electron chi connectivity index (χ1n) is 7.51. The first kappa shape index (κ1) is 31.0. The summed E-state index contributed by atoms with van der Waals surface area (Å²) in [6.45, 7) is -1.01. The molecular formula is C12H12N6Na2O9S3. The van der Waals surface area contributed by atoms with Gasteiger partial charge in [-0.3, -0.25) is 19.1 Å². The van der Waals surface area contributed by atoms with E-state index in [1.807, 2.05) is 0 Å². The van der Waals surface area contributed by atoms with Crippen LogP contribution in [0.5, 0.6) is 0 Å². The van der Waals surface area contributed by atoms with Crippen molar-refractivity contribution >= 4 is 67.3 Å². The number of aromatic nitrogens is 1. The molecule has 2 heterocycles. The maximum atomic E-state index is 12.5. The first-order valence-corrected chi connectivity index (χ1v) is 10.8. The van der Waals surface area contributed by atoms with Gasteiger partial charge in [0.05, 0.1) is 12.0 Å². The van der Waals surface area contributed by atoms with E-state index in [1.165, 1.54) is 5.38 Å². The normalized spacial score (nSPS) is 18.8. The number of thioether (sulfide) groups is 1. The molecule has 32 heavy (non-hydrogen) atoms. The topological polar surface area (TPSA) is 254 Å². The van der Waals surface area contributed by atoms with Gasteiger partial charge in [-0.25, -0.2) is 9.29 Å². The number of amides is 2. The van der Waals surface area contributed by atoms with Crippen LogP contribution in [0, 0.1) is 0 Å². The molecule has 2 amide bonds. The number of aliphatic carboxylic acids is 1. The van der Waals surface area contributed by atoms with E-state index in [1.54, 1.807) is 0 Å². The second-order valence-electron chi connectivity index (χ2n) is 5.34. The maximum absolute atomic E-state index is 12.5. The number of oxime groups is 1. The number of nitrogen functional groups attached to an aromatic ring is 1. The van der Waals surface area contributed by atoms with Gasteiger partial charge in [-0.2, -0.15) is 8.42 Å². The molecule has 0 unspecified atom stereocenters. The number of carboxylic acids is 1. The van der Waals surface area contributed by atoms with Crippen LogP contribution in [-0.4, -0.2) is 75.4 Å². The third kappa shape index (κ3) is 8.12. The zero-order chi connectivity index (χ0) is 22.6. The van der Waals surface area contributed by atoms with E-state index in [-0.39, 0.29) is 80.0 Å². The van der Waals surface area contributed by atoms with Crippen molar-refractivity contribution in [2.24, 2.45) is 15.9 Å². The van der Waals surface area contributed by atoms with Gasteiger partial charge >= 0.3 is 69.4 Å². The van der Waals surface area contributed by atoms with Crippen LogP contribution in [0.2, 0.25) is 0 Å². The minimum Gasteiger partial charge on any atom is -0.857 e. The molecule has 1 aromatic rings. The van der Waals surface area contributed by atoms with Crippen molar-refractivity contribution < 1.29 is 102 Å². The average Bonchev–Trinajstić information content (AvgIpc) is 3.04. The third-order valence-corrected chi connectivity index (χ3v) is 5.76. The van der Waals surface area contributed by atoms with Crippen molar-refractivity contribution in [2.75, 3.05) is 18.1 Å². The number of primary amides is 1. The molecule has 0 spiro atoms. The Labute approximate surface area is 233 Å². The van der Waals surface area contributed by atoms with Crippen molar-refractivity contribution in [3.05, 3.63) is 11.1 Å². The second kappa shape index (κ2) is 13.1. The third-order valence-electron chi connectivity index (χ3n) is 3.34. The molecule has 2 atom stereocenters. The molecule has 1 aromatic heterocycles.